The summed E-state index contributed by atoms with van der Waals surface area (Å²) in [6, 6.07) is -0.263. The third-order valence-corrected chi connectivity index (χ3v) is 3.71. The van der Waals surface area contributed by atoms with Gasteiger partial charge in [-0.1, -0.05) is 19.8 Å². The van der Waals surface area contributed by atoms with Gasteiger partial charge in [0.25, 0.3) is 0 Å². The van der Waals surface area contributed by atoms with Gasteiger partial charge in [-0.05, 0) is 18.3 Å². The molecule has 1 aliphatic rings. The number of carboxylic acids is 1. The van der Waals surface area contributed by atoms with Gasteiger partial charge in [-0.15, -0.1) is 0 Å². The summed E-state index contributed by atoms with van der Waals surface area (Å²) in [4.78, 5) is 22.2. The molecule has 0 aromatic carbocycles. The average Bonchev–Trinajstić information content (AvgIpc) is 2.79. The molecular formula is C13H24N2O4. The van der Waals surface area contributed by atoms with E-state index < -0.39 is 12.1 Å². The van der Waals surface area contributed by atoms with Crippen molar-refractivity contribution in [3.05, 3.63) is 0 Å². The largest absolute Gasteiger partial charge is 0.481 e. The van der Waals surface area contributed by atoms with Crippen LogP contribution in [0.2, 0.25) is 0 Å². The highest BCUT2D eigenvalue weighted by Crippen LogP contribution is 2.36. The lowest BCUT2D eigenvalue weighted by Gasteiger charge is -2.24. The molecule has 1 aliphatic carbocycles. The molecule has 1 saturated carbocycles. The molecule has 0 radical (unpaired) electrons. The number of ether oxygens (including phenoxy) is 1. The highest BCUT2D eigenvalue weighted by molar-refractivity contribution is 5.74. The molecule has 1 rings (SSSR count). The average molecular weight is 272 g/mol. The van der Waals surface area contributed by atoms with Gasteiger partial charge in [0.1, 0.15) is 0 Å². The highest BCUT2D eigenvalue weighted by atomic mass is 16.5. The van der Waals surface area contributed by atoms with Crippen LogP contribution in [0.4, 0.5) is 4.79 Å². The molecule has 2 amide bonds. The maximum Gasteiger partial charge on any atom is 0.314 e. The number of hydrogen-bond acceptors (Lipinski definition) is 3. The minimum Gasteiger partial charge on any atom is -0.481 e. The van der Waals surface area contributed by atoms with E-state index in [1.165, 1.54) is 20.0 Å². The second-order valence-electron chi connectivity index (χ2n) is 5.54. The van der Waals surface area contributed by atoms with Gasteiger partial charge < -0.3 is 20.5 Å². The predicted molar refractivity (Wildman–Crippen MR) is 71.0 cm³/mol. The Kier molecular flexibility index (Phi) is 6.08. The zero-order valence-electron chi connectivity index (χ0n) is 11.7. The van der Waals surface area contributed by atoms with Gasteiger partial charge in [-0.2, -0.15) is 0 Å². The summed E-state index contributed by atoms with van der Waals surface area (Å²) in [6.07, 6.45) is 4.13. The molecule has 0 aromatic heterocycles. The third-order valence-electron chi connectivity index (χ3n) is 3.71. The van der Waals surface area contributed by atoms with E-state index in [9.17, 15) is 9.59 Å². The van der Waals surface area contributed by atoms with Crippen LogP contribution in [0.25, 0.3) is 0 Å². The van der Waals surface area contributed by atoms with Crippen LogP contribution in [-0.4, -0.2) is 43.4 Å². The number of rotatable bonds is 7. The SMILES string of the molecule is COC(CNC(=O)NCC1(C)CCCC1)CC(=O)O. The Balaban J connectivity index is 2.21. The van der Waals surface area contributed by atoms with Crippen LogP contribution in [-0.2, 0) is 9.53 Å². The first kappa shape index (κ1) is 15.8. The zero-order chi connectivity index (χ0) is 14.3. The molecule has 1 atom stereocenters. The fourth-order valence-electron chi connectivity index (χ4n) is 2.40. The maximum atomic E-state index is 11.6. The van der Waals surface area contributed by atoms with Crippen molar-refractivity contribution in [1.82, 2.24) is 10.6 Å². The van der Waals surface area contributed by atoms with Crippen molar-refractivity contribution in [2.75, 3.05) is 20.2 Å². The van der Waals surface area contributed by atoms with Gasteiger partial charge in [0.05, 0.1) is 12.5 Å². The number of amides is 2. The van der Waals surface area contributed by atoms with E-state index in [1.54, 1.807) is 0 Å². The fourth-order valence-corrected chi connectivity index (χ4v) is 2.40. The minimum absolute atomic E-state index is 0.117. The van der Waals surface area contributed by atoms with Gasteiger partial charge in [0, 0.05) is 20.2 Å². The summed E-state index contributed by atoms with van der Waals surface area (Å²) >= 11 is 0. The third kappa shape index (κ3) is 5.92. The summed E-state index contributed by atoms with van der Waals surface area (Å²) in [6.45, 7) is 3.05. The molecule has 0 spiro atoms. The van der Waals surface area contributed by atoms with E-state index in [1.807, 2.05) is 0 Å². The van der Waals surface area contributed by atoms with Crippen LogP contribution in [0.5, 0.6) is 0 Å². The second-order valence-corrected chi connectivity index (χ2v) is 5.54. The zero-order valence-corrected chi connectivity index (χ0v) is 11.7. The molecule has 6 heteroatoms. The first-order valence-electron chi connectivity index (χ1n) is 6.71. The highest BCUT2D eigenvalue weighted by Gasteiger charge is 2.28. The lowest BCUT2D eigenvalue weighted by atomic mass is 9.89. The number of nitrogens with one attached hydrogen (secondary N) is 2. The van der Waals surface area contributed by atoms with Crippen molar-refractivity contribution < 1.29 is 19.4 Å². The topological polar surface area (TPSA) is 87.7 Å². The van der Waals surface area contributed by atoms with Crippen LogP contribution in [0, 0.1) is 5.41 Å². The number of carbonyl (C=O) groups is 2. The van der Waals surface area contributed by atoms with Crippen LogP contribution >= 0.6 is 0 Å². The molecule has 0 bridgehead atoms. The van der Waals surface area contributed by atoms with E-state index in [0.29, 0.717) is 6.54 Å². The van der Waals surface area contributed by atoms with Crippen LogP contribution in [0.3, 0.4) is 0 Å². The molecule has 0 saturated heterocycles. The summed E-state index contributed by atoms with van der Waals surface area (Å²) in [5.41, 5.74) is 0.207. The first-order valence-corrected chi connectivity index (χ1v) is 6.71. The number of methoxy groups -OCH3 is 1. The van der Waals surface area contributed by atoms with E-state index in [2.05, 4.69) is 17.6 Å². The Morgan fingerprint density at radius 2 is 1.95 bits per heavy atom. The summed E-state index contributed by atoms with van der Waals surface area (Å²) in [5, 5.41) is 14.1. The van der Waals surface area contributed by atoms with E-state index >= 15 is 0 Å². The standard InChI is InChI=1S/C13H24N2O4/c1-13(5-3-4-6-13)9-15-12(18)14-8-10(19-2)7-11(16)17/h10H,3-9H2,1-2H3,(H,16,17)(H2,14,15,18). The van der Waals surface area contributed by atoms with Gasteiger partial charge in [0.15, 0.2) is 0 Å². The number of hydrogen-bond donors (Lipinski definition) is 3. The molecule has 19 heavy (non-hydrogen) atoms. The smallest absolute Gasteiger partial charge is 0.314 e. The Labute approximate surface area is 113 Å². The van der Waals surface area contributed by atoms with Crippen molar-refractivity contribution in [3.63, 3.8) is 0 Å². The summed E-state index contributed by atoms with van der Waals surface area (Å²) in [5.74, 6) is -0.937. The van der Waals surface area contributed by atoms with E-state index in [4.69, 9.17) is 9.84 Å². The number of carbonyl (C=O) groups excluding carboxylic acids is 1. The Morgan fingerprint density at radius 3 is 2.47 bits per heavy atom. The molecular weight excluding hydrogens is 248 g/mol. The molecule has 1 fully saturated rings. The maximum absolute atomic E-state index is 11.6. The lowest BCUT2D eigenvalue weighted by Crippen LogP contribution is -2.44. The molecule has 3 N–H and O–H groups in total. The van der Waals surface area contributed by atoms with Crippen molar-refractivity contribution in [1.29, 1.82) is 0 Å². The number of aliphatic carboxylic acids is 1. The Bertz CT molecular complexity index is 314. The monoisotopic (exact) mass is 272 g/mol. The molecule has 0 aliphatic heterocycles. The van der Waals surface area contributed by atoms with E-state index in [0.717, 1.165) is 12.8 Å². The molecule has 0 heterocycles. The Morgan fingerprint density at radius 1 is 1.32 bits per heavy atom. The molecule has 0 aromatic rings. The quantitative estimate of drug-likeness (QED) is 0.653. The van der Waals surface area contributed by atoms with Crippen molar-refractivity contribution >= 4 is 12.0 Å². The fraction of sp³-hybridized carbons (Fsp3) is 0.846. The number of urea groups is 1. The summed E-state index contributed by atoms with van der Waals surface area (Å²) in [7, 11) is 1.44. The normalized spacial score (nSPS) is 18.8. The summed E-state index contributed by atoms with van der Waals surface area (Å²) < 4.78 is 4.99. The van der Waals surface area contributed by atoms with Crippen molar-refractivity contribution in [3.8, 4) is 0 Å². The van der Waals surface area contributed by atoms with Crippen molar-refractivity contribution in [2.24, 2.45) is 5.41 Å². The van der Waals surface area contributed by atoms with E-state index in [-0.39, 0.29) is 24.4 Å². The van der Waals surface area contributed by atoms with Gasteiger partial charge >= 0.3 is 12.0 Å². The first-order chi connectivity index (χ1) is 8.95. The molecule has 1 unspecified atom stereocenters. The molecule has 6 nitrogen and oxygen atoms in total. The predicted octanol–water partition coefficient (Wildman–Crippen LogP) is 1.36. The van der Waals surface area contributed by atoms with Gasteiger partial charge in [0.2, 0.25) is 0 Å². The van der Waals surface area contributed by atoms with Crippen LogP contribution in [0.15, 0.2) is 0 Å². The van der Waals surface area contributed by atoms with Crippen LogP contribution < -0.4 is 10.6 Å². The number of carboxylic acid groups (broad SMARTS) is 1. The Hall–Kier alpha value is -1.30. The minimum atomic E-state index is -0.937. The van der Waals surface area contributed by atoms with Gasteiger partial charge in [-0.3, -0.25) is 4.79 Å². The van der Waals surface area contributed by atoms with Crippen molar-refractivity contribution in [2.45, 2.75) is 45.1 Å². The molecule has 110 valence electrons. The van der Waals surface area contributed by atoms with Gasteiger partial charge in [-0.25, -0.2) is 4.79 Å². The lowest BCUT2D eigenvalue weighted by molar-refractivity contribution is -0.139. The second kappa shape index (κ2) is 7.33. The van der Waals surface area contributed by atoms with Crippen LogP contribution in [0.1, 0.15) is 39.0 Å².